The van der Waals surface area contributed by atoms with Crippen LogP contribution in [0.3, 0.4) is 0 Å². The van der Waals surface area contributed by atoms with Crippen LogP contribution in [0.2, 0.25) is 0 Å². The molecule has 0 bridgehead atoms. The number of nitrogens with two attached hydrogens (primary N) is 2. The number of ether oxygens (including phenoxy) is 1. The minimum absolute atomic E-state index is 0.405. The summed E-state index contributed by atoms with van der Waals surface area (Å²) in [6.45, 7) is 0.697. The molecule has 0 aliphatic rings. The van der Waals surface area contributed by atoms with E-state index in [0.29, 0.717) is 11.8 Å². The maximum Gasteiger partial charge on any atom is 0.299 e. The van der Waals surface area contributed by atoms with E-state index < -0.39 is 0 Å². The van der Waals surface area contributed by atoms with Crippen molar-refractivity contribution in [1.29, 1.82) is 0 Å². The lowest BCUT2D eigenvalue weighted by atomic mass is 10.9. The topological polar surface area (TPSA) is 60.8 Å². The van der Waals surface area contributed by atoms with Crippen LogP contribution in [0.25, 0.3) is 0 Å². The molecule has 0 saturated heterocycles. The van der Waals surface area contributed by atoms with Crippen molar-refractivity contribution in [2.45, 2.75) is 0 Å². The van der Waals surface area contributed by atoms with Gasteiger partial charge in [-0.2, -0.15) is 0 Å². The van der Waals surface area contributed by atoms with E-state index in [1.165, 1.54) is 11.8 Å². The fourth-order valence-corrected chi connectivity index (χ4v) is 0.729. The highest BCUT2D eigenvalue weighted by atomic mass is 32.2. The van der Waals surface area contributed by atoms with E-state index in [0.717, 1.165) is 5.75 Å². The molecule has 0 amide bonds. The molecule has 0 rings (SSSR count). The lowest BCUT2D eigenvalue weighted by Gasteiger charge is -1.91. The number of methoxy groups -OCH3 is 1. The van der Waals surface area contributed by atoms with Crippen molar-refractivity contribution in [3.05, 3.63) is 0 Å². The van der Waals surface area contributed by atoms with E-state index in [-0.39, 0.29) is 0 Å². The molecule has 0 aliphatic heterocycles. The molecule has 0 aromatic rings. The van der Waals surface area contributed by atoms with Crippen molar-refractivity contribution >= 4 is 16.9 Å². The molecule has 0 unspecified atom stereocenters. The van der Waals surface area contributed by atoms with Crippen molar-refractivity contribution in [2.75, 3.05) is 19.5 Å². The van der Waals surface area contributed by atoms with Gasteiger partial charge in [0.2, 0.25) is 0 Å². The first-order valence-corrected chi connectivity index (χ1v) is 3.25. The Morgan fingerprint density at radius 3 is 2.88 bits per heavy atom. The van der Waals surface area contributed by atoms with Crippen molar-refractivity contribution in [3.63, 3.8) is 0 Å². The number of amidine groups is 1. The van der Waals surface area contributed by atoms with Gasteiger partial charge in [-0.3, -0.25) is 11.1 Å². The van der Waals surface area contributed by atoms with Crippen LogP contribution in [0.4, 0.5) is 0 Å². The lowest BCUT2D eigenvalue weighted by Crippen LogP contribution is -2.43. The zero-order chi connectivity index (χ0) is 6.41. The van der Waals surface area contributed by atoms with Gasteiger partial charge in [0.15, 0.2) is 0 Å². The molecule has 0 aromatic heterocycles. The highest BCUT2D eigenvalue weighted by molar-refractivity contribution is 8.13. The molecule has 0 fully saturated rings. The molecule has 0 aromatic carbocycles. The van der Waals surface area contributed by atoms with Crippen molar-refractivity contribution < 1.29 is 10.1 Å². The molecular weight excluding hydrogens is 124 g/mol. The Morgan fingerprint density at radius 1 is 1.88 bits per heavy atom. The summed E-state index contributed by atoms with van der Waals surface area (Å²) in [5.41, 5.74) is 5.14. The Labute approximate surface area is 53.1 Å². The van der Waals surface area contributed by atoms with E-state index in [2.05, 4.69) is 0 Å². The Hall–Kier alpha value is -0.220. The standard InChI is InChI=1S/C4H10N2OS/c1-7-2-3-8-4(5)6/h2-3H2,1H3,(H3,5,6)/p+1. The SMILES string of the molecule is COCCSC(N)=[NH2+]. The molecule has 0 heterocycles. The summed E-state index contributed by atoms with van der Waals surface area (Å²) in [6, 6.07) is 0. The Bertz CT molecular complexity index is 76.4. The molecule has 48 valence electrons. The molecule has 8 heavy (non-hydrogen) atoms. The largest absolute Gasteiger partial charge is 0.384 e. The first kappa shape index (κ1) is 7.78. The van der Waals surface area contributed by atoms with E-state index in [1.807, 2.05) is 0 Å². The third-order valence-corrected chi connectivity index (χ3v) is 1.26. The summed E-state index contributed by atoms with van der Waals surface area (Å²) in [7, 11) is 1.65. The van der Waals surface area contributed by atoms with Crippen LogP contribution in [0.5, 0.6) is 0 Å². The zero-order valence-electron chi connectivity index (χ0n) is 4.89. The first-order valence-electron chi connectivity index (χ1n) is 2.27. The van der Waals surface area contributed by atoms with Crippen LogP contribution in [0, 0.1) is 0 Å². The summed E-state index contributed by atoms with van der Waals surface area (Å²) in [5, 5.41) is 5.54. The Balaban J connectivity index is 2.82. The average molecular weight is 135 g/mol. The van der Waals surface area contributed by atoms with Gasteiger partial charge in [0, 0.05) is 12.9 Å². The summed E-state index contributed by atoms with van der Waals surface area (Å²) < 4.78 is 4.75. The van der Waals surface area contributed by atoms with Crippen LogP contribution < -0.4 is 11.1 Å². The number of hydrogen-bond donors (Lipinski definition) is 2. The number of hydrogen-bond acceptors (Lipinski definition) is 2. The van der Waals surface area contributed by atoms with E-state index in [1.54, 1.807) is 7.11 Å². The first-order chi connectivity index (χ1) is 3.77. The average Bonchev–Trinajstić information content (AvgIpc) is 1.66. The summed E-state index contributed by atoms with van der Waals surface area (Å²) >= 11 is 1.40. The number of thioether (sulfide) groups is 1. The van der Waals surface area contributed by atoms with E-state index in [4.69, 9.17) is 15.9 Å². The van der Waals surface area contributed by atoms with Crippen LogP contribution >= 0.6 is 11.8 Å². The minimum atomic E-state index is 0.405. The van der Waals surface area contributed by atoms with Crippen molar-refractivity contribution in [1.82, 2.24) is 0 Å². The van der Waals surface area contributed by atoms with Crippen LogP contribution in [0.1, 0.15) is 0 Å². The normalized spacial score (nSPS) is 9.12. The van der Waals surface area contributed by atoms with Gasteiger partial charge in [0.05, 0.1) is 6.61 Å². The predicted molar refractivity (Wildman–Crippen MR) is 35.5 cm³/mol. The second kappa shape index (κ2) is 4.93. The minimum Gasteiger partial charge on any atom is -0.384 e. The van der Waals surface area contributed by atoms with Gasteiger partial charge in [-0.25, -0.2) is 0 Å². The smallest absolute Gasteiger partial charge is 0.299 e. The summed E-state index contributed by atoms with van der Waals surface area (Å²) in [4.78, 5) is 0. The highest BCUT2D eigenvalue weighted by Gasteiger charge is 1.92. The third kappa shape index (κ3) is 5.78. The molecular formula is C4H11N2OS+. The molecule has 0 saturated carbocycles. The molecule has 0 radical (unpaired) electrons. The Kier molecular flexibility index (Phi) is 4.79. The van der Waals surface area contributed by atoms with Crippen LogP contribution in [0.15, 0.2) is 0 Å². The van der Waals surface area contributed by atoms with Gasteiger partial charge >= 0.3 is 0 Å². The van der Waals surface area contributed by atoms with Gasteiger partial charge in [-0.1, -0.05) is 0 Å². The second-order valence-corrected chi connectivity index (χ2v) is 2.41. The van der Waals surface area contributed by atoms with E-state index >= 15 is 0 Å². The maximum atomic E-state index is 5.14. The molecule has 3 nitrogen and oxygen atoms in total. The van der Waals surface area contributed by atoms with E-state index in [9.17, 15) is 0 Å². The second-order valence-electron chi connectivity index (χ2n) is 1.24. The van der Waals surface area contributed by atoms with Gasteiger partial charge in [0.1, 0.15) is 0 Å². The number of rotatable bonds is 3. The summed E-state index contributed by atoms with van der Waals surface area (Å²) in [6.07, 6.45) is 0. The molecule has 0 atom stereocenters. The van der Waals surface area contributed by atoms with Crippen LogP contribution in [-0.2, 0) is 4.74 Å². The van der Waals surface area contributed by atoms with Crippen LogP contribution in [-0.4, -0.2) is 24.6 Å². The van der Waals surface area contributed by atoms with Gasteiger partial charge in [-0.05, 0) is 11.8 Å². The highest BCUT2D eigenvalue weighted by Crippen LogP contribution is 1.92. The fourth-order valence-electron chi connectivity index (χ4n) is 0.243. The Morgan fingerprint density at radius 2 is 2.50 bits per heavy atom. The zero-order valence-corrected chi connectivity index (χ0v) is 5.70. The van der Waals surface area contributed by atoms with Gasteiger partial charge in [0.25, 0.3) is 5.17 Å². The molecule has 0 spiro atoms. The van der Waals surface area contributed by atoms with Crippen molar-refractivity contribution in [3.8, 4) is 0 Å². The van der Waals surface area contributed by atoms with Gasteiger partial charge in [-0.15, -0.1) is 0 Å². The molecule has 4 N–H and O–H groups in total. The quantitative estimate of drug-likeness (QED) is 0.279. The molecule has 0 aliphatic carbocycles. The molecule has 4 heteroatoms. The predicted octanol–water partition coefficient (Wildman–Crippen LogP) is -1.56. The fraction of sp³-hybridized carbons (Fsp3) is 0.750. The van der Waals surface area contributed by atoms with Crippen molar-refractivity contribution in [2.24, 2.45) is 5.73 Å². The lowest BCUT2D eigenvalue weighted by molar-refractivity contribution is -0.110. The third-order valence-electron chi connectivity index (χ3n) is 0.556. The monoisotopic (exact) mass is 135 g/mol. The van der Waals surface area contributed by atoms with Gasteiger partial charge < -0.3 is 4.74 Å². The maximum absolute atomic E-state index is 5.14. The summed E-state index contributed by atoms with van der Waals surface area (Å²) in [5.74, 6) is 0.832.